The maximum Gasteiger partial charge on any atom is 0.425 e. The lowest BCUT2D eigenvalue weighted by molar-refractivity contribution is 0.519. The summed E-state index contributed by atoms with van der Waals surface area (Å²) in [6.07, 6.45) is 1.52. The van der Waals surface area contributed by atoms with E-state index in [-0.39, 0.29) is 0 Å². The zero-order valence-electron chi connectivity index (χ0n) is 5.02. The smallest absolute Gasteiger partial charge is 0.264 e. The third-order valence-corrected chi connectivity index (χ3v) is 1.28. The molecular formula is C5H5N2O2P. The van der Waals surface area contributed by atoms with Gasteiger partial charge in [-0.2, -0.15) is 0 Å². The van der Waals surface area contributed by atoms with Gasteiger partial charge in [-0.05, 0) is 12.1 Å². The highest BCUT2D eigenvalue weighted by Gasteiger charge is 1.90. The van der Waals surface area contributed by atoms with Gasteiger partial charge in [-0.25, -0.2) is 14.1 Å². The SMILES string of the molecule is O=P(=O)Nc1ccccn1. The van der Waals surface area contributed by atoms with Crippen LogP contribution in [0.25, 0.3) is 0 Å². The molecule has 0 bridgehead atoms. The van der Waals surface area contributed by atoms with Gasteiger partial charge >= 0.3 is 7.83 Å². The molecule has 10 heavy (non-hydrogen) atoms. The van der Waals surface area contributed by atoms with E-state index in [0.29, 0.717) is 5.82 Å². The van der Waals surface area contributed by atoms with Crippen molar-refractivity contribution in [3.8, 4) is 0 Å². The molecule has 0 spiro atoms. The molecule has 5 heteroatoms. The first kappa shape index (κ1) is 6.96. The molecule has 0 atom stereocenters. The van der Waals surface area contributed by atoms with Crippen molar-refractivity contribution in [1.82, 2.24) is 4.98 Å². The van der Waals surface area contributed by atoms with Gasteiger partial charge in [0.25, 0.3) is 0 Å². The fraction of sp³-hybridized carbons (Fsp3) is 0. The van der Waals surface area contributed by atoms with E-state index in [0.717, 1.165) is 0 Å². The van der Waals surface area contributed by atoms with E-state index in [9.17, 15) is 9.13 Å². The molecule has 0 saturated carbocycles. The highest BCUT2D eigenvalue weighted by atomic mass is 31.1. The number of nitrogens with one attached hydrogen (secondary N) is 1. The summed E-state index contributed by atoms with van der Waals surface area (Å²) >= 11 is 0. The van der Waals surface area contributed by atoms with Crippen LogP contribution in [0.2, 0.25) is 0 Å². The molecule has 0 aliphatic carbocycles. The monoisotopic (exact) mass is 156 g/mol. The normalized spacial score (nSPS) is 8.80. The molecule has 1 aromatic heterocycles. The molecule has 0 radical (unpaired) electrons. The largest absolute Gasteiger partial charge is 0.425 e. The molecule has 0 aliphatic heterocycles. The van der Waals surface area contributed by atoms with E-state index >= 15 is 0 Å². The first-order valence-corrected chi connectivity index (χ1v) is 3.79. The van der Waals surface area contributed by atoms with Crippen LogP contribution in [-0.4, -0.2) is 4.98 Å². The third kappa shape index (κ3) is 1.99. The van der Waals surface area contributed by atoms with Crippen LogP contribution in [-0.2, 0) is 9.13 Å². The highest BCUT2D eigenvalue weighted by molar-refractivity contribution is 7.32. The topological polar surface area (TPSA) is 59.1 Å². The number of anilines is 1. The minimum atomic E-state index is -2.59. The van der Waals surface area contributed by atoms with Gasteiger partial charge in [-0.3, -0.25) is 5.09 Å². The molecule has 0 fully saturated rings. The minimum absolute atomic E-state index is 0.346. The van der Waals surface area contributed by atoms with Crippen molar-refractivity contribution in [2.24, 2.45) is 0 Å². The molecule has 0 aromatic carbocycles. The van der Waals surface area contributed by atoms with E-state index < -0.39 is 7.83 Å². The van der Waals surface area contributed by atoms with Crippen LogP contribution in [0.1, 0.15) is 0 Å². The molecule has 4 nitrogen and oxygen atoms in total. The Labute approximate surface area is 58.2 Å². The summed E-state index contributed by atoms with van der Waals surface area (Å²) in [5, 5.41) is 2.15. The Bertz CT molecular complexity index is 262. The lowest BCUT2D eigenvalue weighted by Gasteiger charge is -1.91. The Morgan fingerprint density at radius 2 is 2.20 bits per heavy atom. The van der Waals surface area contributed by atoms with Crippen molar-refractivity contribution < 1.29 is 9.13 Å². The van der Waals surface area contributed by atoms with Crippen molar-refractivity contribution in [2.75, 3.05) is 5.09 Å². The number of hydrogen-bond donors (Lipinski definition) is 1. The van der Waals surface area contributed by atoms with Crippen molar-refractivity contribution in [3.05, 3.63) is 24.4 Å². The Balaban J connectivity index is 2.77. The molecule has 1 aromatic rings. The highest BCUT2D eigenvalue weighted by Crippen LogP contribution is 2.08. The van der Waals surface area contributed by atoms with Crippen LogP contribution < -0.4 is 5.09 Å². The quantitative estimate of drug-likeness (QED) is 0.660. The standard InChI is InChI=1S/C5H5N2O2P/c8-10(9)7-5-3-1-2-4-6-5/h1-4H,(H,6,7,8,9). The van der Waals surface area contributed by atoms with Crippen LogP contribution >= 0.6 is 7.83 Å². The lowest BCUT2D eigenvalue weighted by Crippen LogP contribution is -1.83. The van der Waals surface area contributed by atoms with Gasteiger partial charge in [0, 0.05) is 6.20 Å². The summed E-state index contributed by atoms with van der Waals surface area (Å²) in [6, 6.07) is 4.99. The van der Waals surface area contributed by atoms with Crippen molar-refractivity contribution in [1.29, 1.82) is 0 Å². The number of hydrogen-bond acceptors (Lipinski definition) is 3. The van der Waals surface area contributed by atoms with Crippen LogP contribution in [0.15, 0.2) is 24.4 Å². The second-order valence-electron chi connectivity index (χ2n) is 1.58. The summed E-state index contributed by atoms with van der Waals surface area (Å²) in [7, 11) is -2.59. The first-order valence-electron chi connectivity index (χ1n) is 2.61. The minimum Gasteiger partial charge on any atom is -0.264 e. The molecule has 0 saturated heterocycles. The summed E-state index contributed by atoms with van der Waals surface area (Å²) in [4.78, 5) is 3.72. The summed E-state index contributed by atoms with van der Waals surface area (Å²) in [5.41, 5.74) is 0. The maximum atomic E-state index is 10.1. The number of aromatic nitrogens is 1. The van der Waals surface area contributed by atoms with Gasteiger partial charge in [0.15, 0.2) is 0 Å². The van der Waals surface area contributed by atoms with E-state index in [4.69, 9.17) is 0 Å². The van der Waals surface area contributed by atoms with Crippen LogP contribution in [0, 0.1) is 0 Å². The van der Waals surface area contributed by atoms with Gasteiger partial charge in [0.1, 0.15) is 5.82 Å². The van der Waals surface area contributed by atoms with E-state index in [1.165, 1.54) is 6.20 Å². The molecule has 1 heterocycles. The molecule has 0 aliphatic rings. The zero-order valence-corrected chi connectivity index (χ0v) is 5.91. The van der Waals surface area contributed by atoms with E-state index in [1.807, 2.05) is 0 Å². The molecule has 0 amide bonds. The van der Waals surface area contributed by atoms with Crippen LogP contribution in [0.5, 0.6) is 0 Å². The summed E-state index contributed by atoms with van der Waals surface area (Å²) in [5.74, 6) is 0.346. The molecule has 1 N–H and O–H groups in total. The summed E-state index contributed by atoms with van der Waals surface area (Å²) in [6.45, 7) is 0. The number of pyridine rings is 1. The zero-order chi connectivity index (χ0) is 7.40. The molecule has 1 rings (SSSR count). The molecule has 0 unspecified atom stereocenters. The first-order chi connectivity index (χ1) is 4.79. The van der Waals surface area contributed by atoms with Crippen molar-refractivity contribution in [2.45, 2.75) is 0 Å². The fourth-order valence-electron chi connectivity index (χ4n) is 0.522. The van der Waals surface area contributed by atoms with Gasteiger partial charge in [0.2, 0.25) is 0 Å². The Kier molecular flexibility index (Phi) is 2.18. The second-order valence-corrected chi connectivity index (χ2v) is 2.32. The predicted octanol–water partition coefficient (Wildman–Crippen LogP) is 1.58. The second kappa shape index (κ2) is 3.13. The average molecular weight is 156 g/mol. The number of rotatable bonds is 2. The Morgan fingerprint density at radius 1 is 1.40 bits per heavy atom. The van der Waals surface area contributed by atoms with E-state index in [1.54, 1.807) is 18.2 Å². The predicted molar refractivity (Wildman–Crippen MR) is 36.2 cm³/mol. The third-order valence-electron chi connectivity index (χ3n) is 0.871. The number of nitrogens with zero attached hydrogens (tertiary/aromatic N) is 1. The van der Waals surface area contributed by atoms with Gasteiger partial charge in [-0.1, -0.05) is 6.07 Å². The average Bonchev–Trinajstić information content (AvgIpc) is 1.88. The van der Waals surface area contributed by atoms with Gasteiger partial charge in [0.05, 0.1) is 0 Å². The maximum absolute atomic E-state index is 10.1. The molecule has 52 valence electrons. The van der Waals surface area contributed by atoms with E-state index in [2.05, 4.69) is 10.1 Å². The van der Waals surface area contributed by atoms with Crippen molar-refractivity contribution >= 4 is 13.6 Å². The molecular weight excluding hydrogens is 151 g/mol. The van der Waals surface area contributed by atoms with Crippen molar-refractivity contribution in [3.63, 3.8) is 0 Å². The summed E-state index contributed by atoms with van der Waals surface area (Å²) < 4.78 is 20.1. The lowest BCUT2D eigenvalue weighted by atomic mass is 10.5. The Morgan fingerprint density at radius 3 is 2.70 bits per heavy atom. The van der Waals surface area contributed by atoms with Gasteiger partial charge in [-0.15, -0.1) is 0 Å². The Hall–Kier alpha value is -1.15. The van der Waals surface area contributed by atoms with Crippen LogP contribution in [0.3, 0.4) is 0 Å². The fourth-order valence-corrected chi connectivity index (χ4v) is 0.842. The van der Waals surface area contributed by atoms with Gasteiger partial charge < -0.3 is 0 Å². The van der Waals surface area contributed by atoms with Crippen LogP contribution in [0.4, 0.5) is 5.82 Å².